The maximum atomic E-state index is 12.4. The molecular weight excluding hydrogens is 358 g/mol. The first kappa shape index (κ1) is 18.0. The molecule has 0 heterocycles. The van der Waals surface area contributed by atoms with Gasteiger partial charge < -0.3 is 8.92 Å². The largest absolute Gasteiger partial charge is 0.495 e. The second-order valence-corrected chi connectivity index (χ2v) is 6.66. The van der Waals surface area contributed by atoms with Crippen LogP contribution in [0.5, 0.6) is 11.5 Å². The first-order valence-electron chi connectivity index (χ1n) is 6.84. The number of aryl methyl sites for hydroxylation is 1. The standard InChI is InChI=1S/C15H14ClNO6S/c1-3-10-8-12(5-6-13(10)16)23-24(20,21)15-7-4-11(17(18)19)9-14(15)22-2/h4-9H,3H2,1-2H3. The highest BCUT2D eigenvalue weighted by Gasteiger charge is 2.24. The van der Waals surface area contributed by atoms with Crippen LogP contribution in [-0.4, -0.2) is 20.5 Å². The van der Waals surface area contributed by atoms with E-state index in [1.807, 2.05) is 6.92 Å². The molecule has 0 N–H and O–H groups in total. The van der Waals surface area contributed by atoms with Gasteiger partial charge in [-0.2, -0.15) is 8.42 Å². The zero-order valence-electron chi connectivity index (χ0n) is 12.9. The number of nitro benzene ring substituents is 1. The zero-order chi connectivity index (χ0) is 17.9. The fourth-order valence-electron chi connectivity index (χ4n) is 2.02. The molecule has 24 heavy (non-hydrogen) atoms. The van der Waals surface area contributed by atoms with Crippen LogP contribution in [0.2, 0.25) is 5.02 Å². The monoisotopic (exact) mass is 371 g/mol. The summed E-state index contributed by atoms with van der Waals surface area (Å²) in [4.78, 5) is 9.83. The molecule has 0 aliphatic heterocycles. The summed E-state index contributed by atoms with van der Waals surface area (Å²) >= 11 is 5.99. The van der Waals surface area contributed by atoms with Gasteiger partial charge in [0.2, 0.25) is 0 Å². The molecule has 0 bridgehead atoms. The molecule has 0 saturated heterocycles. The first-order chi connectivity index (χ1) is 11.3. The van der Waals surface area contributed by atoms with Crippen molar-refractivity contribution in [2.75, 3.05) is 7.11 Å². The molecule has 2 aromatic carbocycles. The van der Waals surface area contributed by atoms with E-state index in [0.29, 0.717) is 11.4 Å². The van der Waals surface area contributed by atoms with Crippen LogP contribution in [0, 0.1) is 10.1 Å². The molecule has 0 spiro atoms. The van der Waals surface area contributed by atoms with Gasteiger partial charge in [-0.3, -0.25) is 10.1 Å². The highest BCUT2D eigenvalue weighted by atomic mass is 35.5. The molecule has 7 nitrogen and oxygen atoms in total. The van der Waals surface area contributed by atoms with Gasteiger partial charge in [0.1, 0.15) is 16.4 Å². The van der Waals surface area contributed by atoms with Gasteiger partial charge in [-0.1, -0.05) is 18.5 Å². The number of rotatable bonds is 6. The highest BCUT2D eigenvalue weighted by Crippen LogP contribution is 2.31. The number of hydrogen-bond donors (Lipinski definition) is 0. The molecule has 2 aromatic rings. The average molecular weight is 372 g/mol. The number of non-ortho nitro benzene ring substituents is 1. The van der Waals surface area contributed by atoms with Crippen LogP contribution < -0.4 is 8.92 Å². The van der Waals surface area contributed by atoms with Gasteiger partial charge in [0.25, 0.3) is 5.69 Å². The number of methoxy groups -OCH3 is 1. The van der Waals surface area contributed by atoms with Crippen LogP contribution in [0.3, 0.4) is 0 Å². The SMILES string of the molecule is CCc1cc(OS(=O)(=O)c2ccc([N+](=O)[O-])cc2OC)ccc1Cl. The molecule has 0 atom stereocenters. The minimum atomic E-state index is -4.23. The predicted octanol–water partition coefficient (Wildman–Crippen LogP) is 3.59. The molecule has 2 rings (SSSR count). The number of halogens is 1. The van der Waals surface area contributed by atoms with Gasteiger partial charge in [0.15, 0.2) is 0 Å². The van der Waals surface area contributed by atoms with Crippen LogP contribution in [0.4, 0.5) is 5.69 Å². The van der Waals surface area contributed by atoms with E-state index in [1.54, 1.807) is 0 Å². The smallest absolute Gasteiger partial charge is 0.342 e. The van der Waals surface area contributed by atoms with E-state index in [2.05, 4.69) is 0 Å². The lowest BCUT2D eigenvalue weighted by Gasteiger charge is -2.11. The van der Waals surface area contributed by atoms with E-state index in [4.69, 9.17) is 20.5 Å². The number of nitrogens with zero attached hydrogens (tertiary/aromatic N) is 1. The summed E-state index contributed by atoms with van der Waals surface area (Å²) in [6.45, 7) is 1.87. The molecule has 9 heteroatoms. The third kappa shape index (κ3) is 3.77. The van der Waals surface area contributed by atoms with Crippen molar-refractivity contribution in [3.63, 3.8) is 0 Å². The average Bonchev–Trinajstić information content (AvgIpc) is 2.55. The quantitative estimate of drug-likeness (QED) is 0.437. The Bertz CT molecular complexity index is 882. The Morgan fingerprint density at radius 1 is 1.21 bits per heavy atom. The first-order valence-corrected chi connectivity index (χ1v) is 8.62. The van der Waals surface area contributed by atoms with E-state index in [-0.39, 0.29) is 22.1 Å². The van der Waals surface area contributed by atoms with Crippen molar-refractivity contribution in [1.82, 2.24) is 0 Å². The molecule has 128 valence electrons. The summed E-state index contributed by atoms with van der Waals surface area (Å²) < 4.78 is 34.9. The summed E-state index contributed by atoms with van der Waals surface area (Å²) in [5.41, 5.74) is 0.450. The van der Waals surface area contributed by atoms with E-state index >= 15 is 0 Å². The lowest BCUT2D eigenvalue weighted by atomic mass is 10.2. The fraction of sp³-hybridized carbons (Fsp3) is 0.200. The van der Waals surface area contributed by atoms with E-state index in [1.165, 1.54) is 25.3 Å². The summed E-state index contributed by atoms with van der Waals surface area (Å²) in [5, 5.41) is 11.3. The molecule has 0 unspecified atom stereocenters. The Morgan fingerprint density at radius 3 is 2.50 bits per heavy atom. The van der Waals surface area contributed by atoms with E-state index < -0.39 is 15.0 Å². The van der Waals surface area contributed by atoms with Gasteiger partial charge in [0, 0.05) is 11.1 Å². The molecular formula is C15H14ClNO6S. The third-order valence-electron chi connectivity index (χ3n) is 3.23. The number of benzene rings is 2. The van der Waals surface area contributed by atoms with Crippen molar-refractivity contribution in [1.29, 1.82) is 0 Å². The topological polar surface area (TPSA) is 95.7 Å². The number of ether oxygens (including phenoxy) is 1. The molecule has 0 aliphatic carbocycles. The molecule has 0 fully saturated rings. The third-order valence-corrected chi connectivity index (χ3v) is 4.89. The maximum Gasteiger partial charge on any atom is 0.342 e. The van der Waals surface area contributed by atoms with Crippen LogP contribution in [0.1, 0.15) is 12.5 Å². The zero-order valence-corrected chi connectivity index (χ0v) is 14.4. The molecule has 0 aromatic heterocycles. The van der Waals surface area contributed by atoms with E-state index in [0.717, 1.165) is 23.8 Å². The predicted molar refractivity (Wildman–Crippen MR) is 88.3 cm³/mol. The van der Waals surface area contributed by atoms with Gasteiger partial charge >= 0.3 is 10.1 Å². The van der Waals surface area contributed by atoms with Crippen molar-refractivity contribution in [3.05, 3.63) is 57.1 Å². The lowest BCUT2D eigenvalue weighted by molar-refractivity contribution is -0.385. The van der Waals surface area contributed by atoms with Crippen LogP contribution in [-0.2, 0) is 16.5 Å². The van der Waals surface area contributed by atoms with Crippen LogP contribution >= 0.6 is 11.6 Å². The van der Waals surface area contributed by atoms with Crippen molar-refractivity contribution in [2.45, 2.75) is 18.2 Å². The molecule has 0 aliphatic rings. The Hall–Kier alpha value is -2.32. The molecule has 0 saturated carbocycles. The Balaban J connectivity index is 2.42. The second-order valence-electron chi connectivity index (χ2n) is 4.74. The highest BCUT2D eigenvalue weighted by molar-refractivity contribution is 7.87. The second kappa shape index (κ2) is 7.06. The van der Waals surface area contributed by atoms with Crippen molar-refractivity contribution >= 4 is 27.4 Å². The van der Waals surface area contributed by atoms with Crippen molar-refractivity contribution in [3.8, 4) is 11.5 Å². The Labute approximate surface area is 144 Å². The van der Waals surface area contributed by atoms with Gasteiger partial charge in [-0.05, 0) is 36.2 Å². The fourth-order valence-corrected chi connectivity index (χ4v) is 3.34. The molecule has 0 amide bonds. The number of nitro groups is 1. The minimum Gasteiger partial charge on any atom is -0.495 e. The lowest BCUT2D eigenvalue weighted by Crippen LogP contribution is -2.11. The van der Waals surface area contributed by atoms with Crippen molar-refractivity contribution < 1.29 is 22.3 Å². The van der Waals surface area contributed by atoms with Gasteiger partial charge in [0.05, 0.1) is 18.1 Å². The van der Waals surface area contributed by atoms with Gasteiger partial charge in [-0.25, -0.2) is 0 Å². The summed E-state index contributed by atoms with van der Waals surface area (Å²) in [5.74, 6) is -0.0782. The summed E-state index contributed by atoms with van der Waals surface area (Å²) in [6.07, 6.45) is 0.608. The van der Waals surface area contributed by atoms with E-state index in [9.17, 15) is 18.5 Å². The summed E-state index contributed by atoms with van der Waals surface area (Å²) in [6, 6.07) is 7.66. The summed E-state index contributed by atoms with van der Waals surface area (Å²) in [7, 11) is -3.01. The normalized spacial score (nSPS) is 11.1. The molecule has 0 radical (unpaired) electrons. The maximum absolute atomic E-state index is 12.4. The van der Waals surface area contributed by atoms with Crippen molar-refractivity contribution in [2.24, 2.45) is 0 Å². The Morgan fingerprint density at radius 2 is 1.92 bits per heavy atom. The van der Waals surface area contributed by atoms with Crippen LogP contribution in [0.25, 0.3) is 0 Å². The minimum absolute atomic E-state index is 0.0941. The van der Waals surface area contributed by atoms with Crippen LogP contribution in [0.15, 0.2) is 41.3 Å². The Kier molecular flexibility index (Phi) is 5.30. The number of hydrogen-bond acceptors (Lipinski definition) is 6. The van der Waals surface area contributed by atoms with Gasteiger partial charge in [-0.15, -0.1) is 0 Å².